The van der Waals surface area contributed by atoms with Crippen molar-refractivity contribution in [3.63, 3.8) is 0 Å². The lowest BCUT2D eigenvalue weighted by Gasteiger charge is -2.00. The Labute approximate surface area is 115 Å². The summed E-state index contributed by atoms with van der Waals surface area (Å²) in [5.74, 6) is 0. The summed E-state index contributed by atoms with van der Waals surface area (Å²) in [6.45, 7) is 0. The van der Waals surface area contributed by atoms with Crippen LogP contribution < -0.4 is 22.3 Å². The van der Waals surface area contributed by atoms with Crippen LogP contribution in [0.15, 0.2) is 34.5 Å². The van der Waals surface area contributed by atoms with Gasteiger partial charge in [-0.05, 0) is 24.4 Å². The van der Waals surface area contributed by atoms with Gasteiger partial charge in [-0.3, -0.25) is 10.9 Å². The first-order valence-electron chi connectivity index (χ1n) is 4.85. The fourth-order valence-electron chi connectivity index (χ4n) is 1.08. The molecule has 0 aliphatic carbocycles. The van der Waals surface area contributed by atoms with E-state index < -0.39 is 0 Å². The second-order valence-electron chi connectivity index (χ2n) is 3.10. The van der Waals surface area contributed by atoms with Crippen molar-refractivity contribution in [2.24, 2.45) is 21.7 Å². The summed E-state index contributed by atoms with van der Waals surface area (Å²) in [7, 11) is 0. The molecule has 18 heavy (non-hydrogen) atoms. The minimum Gasteiger partial charge on any atom is -0.375 e. The van der Waals surface area contributed by atoms with Crippen LogP contribution >= 0.6 is 24.4 Å². The minimum atomic E-state index is 0.104. The standard InChI is InChI=1S/C10H12N6S2/c11-9(17)15-13-5-7-3-1-2-4-8(7)6-14-16-10(12)18/h1-6H,(H3,11,15,17)(H3,12,16,18). The summed E-state index contributed by atoms with van der Waals surface area (Å²) < 4.78 is 0. The third-order valence-corrected chi connectivity index (χ3v) is 1.94. The Balaban J connectivity index is 2.79. The highest BCUT2D eigenvalue weighted by Gasteiger charge is 1.95. The molecule has 1 aromatic rings. The van der Waals surface area contributed by atoms with Gasteiger partial charge in [-0.1, -0.05) is 24.3 Å². The molecule has 0 radical (unpaired) electrons. The third kappa shape index (κ3) is 5.32. The molecule has 0 saturated heterocycles. The molecule has 0 spiro atoms. The smallest absolute Gasteiger partial charge is 0.184 e. The topological polar surface area (TPSA) is 101 Å². The van der Waals surface area contributed by atoms with E-state index >= 15 is 0 Å². The Bertz CT molecular complexity index is 452. The number of hydrogen-bond donors (Lipinski definition) is 4. The Morgan fingerprint density at radius 2 is 1.33 bits per heavy atom. The highest BCUT2D eigenvalue weighted by Crippen LogP contribution is 2.02. The van der Waals surface area contributed by atoms with E-state index in [0.717, 1.165) is 11.1 Å². The van der Waals surface area contributed by atoms with Gasteiger partial charge in [-0.15, -0.1) is 0 Å². The average molecular weight is 280 g/mol. The zero-order valence-electron chi connectivity index (χ0n) is 9.33. The lowest BCUT2D eigenvalue weighted by molar-refractivity contribution is 1.04. The summed E-state index contributed by atoms with van der Waals surface area (Å²) in [4.78, 5) is 0. The summed E-state index contributed by atoms with van der Waals surface area (Å²) in [6, 6.07) is 7.49. The van der Waals surface area contributed by atoms with E-state index in [9.17, 15) is 0 Å². The Morgan fingerprint density at radius 1 is 0.944 bits per heavy atom. The predicted molar refractivity (Wildman–Crippen MR) is 81.5 cm³/mol. The van der Waals surface area contributed by atoms with E-state index in [-0.39, 0.29) is 10.2 Å². The number of nitrogens with one attached hydrogen (secondary N) is 2. The molecule has 0 heterocycles. The van der Waals surface area contributed by atoms with Crippen LogP contribution in [0.3, 0.4) is 0 Å². The number of benzene rings is 1. The molecule has 94 valence electrons. The number of rotatable bonds is 4. The molecule has 0 saturated carbocycles. The molecule has 1 aromatic carbocycles. The minimum absolute atomic E-state index is 0.104. The van der Waals surface area contributed by atoms with Crippen LogP contribution in [0, 0.1) is 0 Å². The lowest BCUT2D eigenvalue weighted by Crippen LogP contribution is -2.24. The van der Waals surface area contributed by atoms with E-state index in [1.54, 1.807) is 12.4 Å². The molecule has 6 N–H and O–H groups in total. The molecule has 8 heteroatoms. The van der Waals surface area contributed by atoms with Crippen LogP contribution in [-0.2, 0) is 0 Å². The third-order valence-electron chi connectivity index (χ3n) is 1.75. The second-order valence-corrected chi connectivity index (χ2v) is 3.98. The monoisotopic (exact) mass is 280 g/mol. The van der Waals surface area contributed by atoms with E-state index in [4.69, 9.17) is 11.5 Å². The molecule has 0 unspecified atom stereocenters. The van der Waals surface area contributed by atoms with Gasteiger partial charge in [-0.2, -0.15) is 10.2 Å². The van der Waals surface area contributed by atoms with Crippen LogP contribution in [0.1, 0.15) is 11.1 Å². The van der Waals surface area contributed by atoms with Crippen LogP contribution in [0.25, 0.3) is 0 Å². The number of hydrazone groups is 2. The molecule has 0 fully saturated rings. The van der Waals surface area contributed by atoms with Crippen LogP contribution in [-0.4, -0.2) is 22.7 Å². The van der Waals surface area contributed by atoms with Crippen molar-refractivity contribution in [2.75, 3.05) is 0 Å². The van der Waals surface area contributed by atoms with Crippen LogP contribution in [0.4, 0.5) is 0 Å². The molecule has 0 aliphatic heterocycles. The first-order chi connectivity index (χ1) is 8.59. The van der Waals surface area contributed by atoms with Crippen molar-refractivity contribution in [3.05, 3.63) is 35.4 Å². The fourth-order valence-corrected chi connectivity index (χ4v) is 1.18. The molecule has 0 atom stereocenters. The number of nitrogens with zero attached hydrogens (tertiary/aromatic N) is 2. The van der Waals surface area contributed by atoms with Gasteiger partial charge >= 0.3 is 0 Å². The summed E-state index contributed by atoms with van der Waals surface area (Å²) in [6.07, 6.45) is 3.17. The normalized spacial score (nSPS) is 10.7. The highest BCUT2D eigenvalue weighted by atomic mass is 32.1. The molecule has 6 nitrogen and oxygen atoms in total. The van der Waals surface area contributed by atoms with Gasteiger partial charge in [0.05, 0.1) is 12.4 Å². The second kappa shape index (κ2) is 7.30. The zero-order chi connectivity index (χ0) is 13.4. The maximum absolute atomic E-state index is 5.25. The molecular formula is C10H12N6S2. The summed E-state index contributed by atoms with van der Waals surface area (Å²) in [5.41, 5.74) is 17.1. The van der Waals surface area contributed by atoms with Crippen LogP contribution in [0.2, 0.25) is 0 Å². The van der Waals surface area contributed by atoms with Gasteiger partial charge in [0.2, 0.25) is 0 Å². The van der Waals surface area contributed by atoms with Gasteiger partial charge in [-0.25, -0.2) is 0 Å². The number of hydrogen-bond acceptors (Lipinski definition) is 4. The van der Waals surface area contributed by atoms with Gasteiger partial charge in [0.1, 0.15) is 0 Å². The largest absolute Gasteiger partial charge is 0.375 e. The van der Waals surface area contributed by atoms with Gasteiger partial charge in [0.15, 0.2) is 10.2 Å². The van der Waals surface area contributed by atoms with E-state index in [0.29, 0.717) is 0 Å². The summed E-state index contributed by atoms with van der Waals surface area (Å²) >= 11 is 9.26. The molecule has 0 bridgehead atoms. The van der Waals surface area contributed by atoms with Crippen molar-refractivity contribution >= 4 is 47.1 Å². The van der Waals surface area contributed by atoms with E-state index in [1.165, 1.54) is 0 Å². The SMILES string of the molecule is NC(=S)NN=Cc1ccccc1C=NNC(N)=S. The maximum atomic E-state index is 5.25. The molecule has 0 amide bonds. The molecular weight excluding hydrogens is 268 g/mol. The van der Waals surface area contributed by atoms with Crippen LogP contribution in [0.5, 0.6) is 0 Å². The molecule has 0 aliphatic rings. The molecule has 1 rings (SSSR count). The summed E-state index contributed by atoms with van der Waals surface area (Å²) in [5, 5.41) is 7.95. The number of thiocarbonyl (C=S) groups is 2. The van der Waals surface area contributed by atoms with Gasteiger partial charge in [0, 0.05) is 11.1 Å². The van der Waals surface area contributed by atoms with Crippen molar-refractivity contribution in [1.82, 2.24) is 10.9 Å². The first-order valence-corrected chi connectivity index (χ1v) is 5.67. The highest BCUT2D eigenvalue weighted by molar-refractivity contribution is 7.80. The van der Waals surface area contributed by atoms with Gasteiger partial charge < -0.3 is 11.5 Å². The Morgan fingerprint density at radius 3 is 1.67 bits per heavy atom. The van der Waals surface area contributed by atoms with Crippen molar-refractivity contribution in [3.8, 4) is 0 Å². The predicted octanol–water partition coefficient (Wildman–Crippen LogP) is 0.0208. The van der Waals surface area contributed by atoms with Crippen molar-refractivity contribution in [2.45, 2.75) is 0 Å². The zero-order valence-corrected chi connectivity index (χ0v) is 11.0. The molecule has 0 aromatic heterocycles. The van der Waals surface area contributed by atoms with E-state index in [1.807, 2.05) is 24.3 Å². The van der Waals surface area contributed by atoms with Crippen molar-refractivity contribution < 1.29 is 0 Å². The Hall–Kier alpha value is -2.06. The quantitative estimate of drug-likeness (QED) is 0.352. The maximum Gasteiger partial charge on any atom is 0.184 e. The average Bonchev–Trinajstić information content (AvgIpc) is 2.30. The number of nitrogens with two attached hydrogens (primary N) is 2. The fraction of sp³-hybridized carbons (Fsp3) is 0. The van der Waals surface area contributed by atoms with E-state index in [2.05, 4.69) is 45.5 Å². The Kier molecular flexibility index (Phi) is 5.68. The lowest BCUT2D eigenvalue weighted by atomic mass is 10.1. The first kappa shape index (κ1) is 14.0. The van der Waals surface area contributed by atoms with Crippen molar-refractivity contribution in [1.29, 1.82) is 0 Å². The van der Waals surface area contributed by atoms with Gasteiger partial charge in [0.25, 0.3) is 0 Å².